The molecule has 0 aliphatic rings. The van der Waals surface area contributed by atoms with E-state index in [1.54, 1.807) is 12.4 Å². The third-order valence-electron chi connectivity index (χ3n) is 3.99. The molecule has 0 saturated carbocycles. The number of pyridine rings is 1. The van der Waals surface area contributed by atoms with E-state index in [9.17, 15) is 0 Å². The minimum atomic E-state index is 0.570. The highest BCUT2D eigenvalue weighted by atomic mass is 15.1. The Labute approximate surface area is 145 Å². The molecule has 2 N–H and O–H groups in total. The number of para-hydroxylation sites is 1. The summed E-state index contributed by atoms with van der Waals surface area (Å²) in [6, 6.07) is 11.9. The lowest BCUT2D eigenvalue weighted by Gasteiger charge is -2.07. The maximum Gasteiger partial charge on any atom is 0.161 e. The van der Waals surface area contributed by atoms with E-state index in [1.807, 2.05) is 37.3 Å². The fourth-order valence-electron chi connectivity index (χ4n) is 2.77. The molecule has 0 atom stereocenters. The van der Waals surface area contributed by atoms with Gasteiger partial charge in [-0.2, -0.15) is 0 Å². The fourth-order valence-corrected chi connectivity index (χ4v) is 2.77. The van der Waals surface area contributed by atoms with Crippen molar-refractivity contribution in [3.8, 4) is 11.4 Å². The normalized spacial score (nSPS) is 11.0. The average Bonchev–Trinajstić information content (AvgIpc) is 3.05. The van der Waals surface area contributed by atoms with Crippen LogP contribution in [0.5, 0.6) is 0 Å². The van der Waals surface area contributed by atoms with E-state index in [2.05, 4.69) is 43.2 Å². The van der Waals surface area contributed by atoms with Crippen LogP contribution in [0.1, 0.15) is 17.1 Å². The number of H-pyrrole nitrogens is 1. The monoisotopic (exact) mass is 330 g/mol. The lowest BCUT2D eigenvalue weighted by atomic mass is 10.2. The molecule has 0 unspecified atom stereocenters. The van der Waals surface area contributed by atoms with E-state index in [0.717, 1.165) is 39.5 Å². The number of rotatable bonds is 4. The van der Waals surface area contributed by atoms with E-state index in [1.165, 1.54) is 0 Å². The molecular weight excluding hydrogens is 312 g/mol. The van der Waals surface area contributed by atoms with Crippen LogP contribution in [0.3, 0.4) is 0 Å². The second-order valence-electron chi connectivity index (χ2n) is 5.96. The van der Waals surface area contributed by atoms with Crippen molar-refractivity contribution in [3.63, 3.8) is 0 Å². The molecule has 1 aromatic carbocycles. The number of hydrogen-bond donors (Lipinski definition) is 2. The van der Waals surface area contributed by atoms with Gasteiger partial charge in [-0.05, 0) is 37.6 Å². The molecule has 0 saturated heterocycles. The molecular formula is C19H18N6. The van der Waals surface area contributed by atoms with Gasteiger partial charge >= 0.3 is 0 Å². The van der Waals surface area contributed by atoms with Gasteiger partial charge in [0.25, 0.3) is 0 Å². The number of hydrogen-bond acceptors (Lipinski definition) is 5. The molecule has 4 aromatic rings. The largest absolute Gasteiger partial charge is 0.363 e. The molecule has 124 valence electrons. The zero-order chi connectivity index (χ0) is 17.2. The summed E-state index contributed by atoms with van der Waals surface area (Å²) in [6.45, 7) is 4.59. The molecule has 6 nitrogen and oxygen atoms in total. The molecule has 0 bridgehead atoms. The van der Waals surface area contributed by atoms with Crippen LogP contribution in [0.2, 0.25) is 0 Å². The van der Waals surface area contributed by atoms with E-state index >= 15 is 0 Å². The van der Waals surface area contributed by atoms with Gasteiger partial charge in [0.2, 0.25) is 0 Å². The Hall–Kier alpha value is -3.28. The number of anilines is 1. The van der Waals surface area contributed by atoms with Gasteiger partial charge in [-0.3, -0.25) is 4.98 Å². The molecule has 3 heterocycles. The number of fused-ring (bicyclic) bond motifs is 1. The first-order chi connectivity index (χ1) is 12.2. The Morgan fingerprint density at radius 3 is 2.64 bits per heavy atom. The van der Waals surface area contributed by atoms with E-state index in [-0.39, 0.29) is 0 Å². The second kappa shape index (κ2) is 6.32. The van der Waals surface area contributed by atoms with Gasteiger partial charge in [-0.25, -0.2) is 15.0 Å². The van der Waals surface area contributed by atoms with Gasteiger partial charge in [-0.1, -0.05) is 12.1 Å². The predicted octanol–water partition coefficient (Wildman–Crippen LogP) is 3.64. The minimum Gasteiger partial charge on any atom is -0.363 e. The summed E-state index contributed by atoms with van der Waals surface area (Å²) in [4.78, 5) is 21.1. The zero-order valence-electron chi connectivity index (χ0n) is 14.1. The first kappa shape index (κ1) is 15.3. The van der Waals surface area contributed by atoms with Crippen LogP contribution in [0.4, 0.5) is 5.82 Å². The predicted molar refractivity (Wildman–Crippen MR) is 98.2 cm³/mol. The maximum atomic E-state index is 4.66. The third kappa shape index (κ3) is 3.19. The highest BCUT2D eigenvalue weighted by Crippen LogP contribution is 2.18. The first-order valence-corrected chi connectivity index (χ1v) is 8.13. The summed E-state index contributed by atoms with van der Waals surface area (Å²) in [7, 11) is 0. The number of nitrogens with one attached hydrogen (secondary N) is 2. The number of nitrogens with zero attached hydrogens (tertiary/aromatic N) is 4. The van der Waals surface area contributed by atoms with E-state index < -0.39 is 0 Å². The Bertz CT molecular complexity index is 1020. The number of benzene rings is 1. The smallest absolute Gasteiger partial charge is 0.161 e. The summed E-state index contributed by atoms with van der Waals surface area (Å²) in [5.74, 6) is 2.34. The molecule has 0 spiro atoms. The summed E-state index contributed by atoms with van der Waals surface area (Å²) >= 11 is 0. The van der Waals surface area contributed by atoms with Crippen molar-refractivity contribution in [2.75, 3.05) is 5.32 Å². The number of aromatic amines is 1. The van der Waals surface area contributed by atoms with Gasteiger partial charge in [0.15, 0.2) is 5.82 Å². The molecule has 0 aliphatic carbocycles. The van der Waals surface area contributed by atoms with Crippen molar-refractivity contribution in [1.29, 1.82) is 0 Å². The quantitative estimate of drug-likeness (QED) is 0.597. The van der Waals surface area contributed by atoms with Gasteiger partial charge < -0.3 is 10.3 Å². The molecule has 0 radical (unpaired) electrons. The minimum absolute atomic E-state index is 0.570. The van der Waals surface area contributed by atoms with Crippen LogP contribution in [-0.2, 0) is 6.54 Å². The average molecular weight is 330 g/mol. The van der Waals surface area contributed by atoms with Crippen molar-refractivity contribution >= 4 is 16.9 Å². The number of imidazole rings is 1. The zero-order valence-corrected chi connectivity index (χ0v) is 14.1. The number of aromatic nitrogens is 5. The Kier molecular flexibility index (Phi) is 3.85. The molecule has 0 aliphatic heterocycles. The second-order valence-corrected chi connectivity index (χ2v) is 5.96. The fraction of sp³-hybridized carbons (Fsp3) is 0.158. The Balaban J connectivity index is 1.58. The molecule has 0 amide bonds. The maximum absolute atomic E-state index is 4.66. The topological polar surface area (TPSA) is 79.4 Å². The van der Waals surface area contributed by atoms with Crippen molar-refractivity contribution < 1.29 is 0 Å². The van der Waals surface area contributed by atoms with Gasteiger partial charge in [-0.15, -0.1) is 0 Å². The van der Waals surface area contributed by atoms with Crippen LogP contribution < -0.4 is 5.32 Å². The van der Waals surface area contributed by atoms with Crippen LogP contribution in [0.15, 0.2) is 48.8 Å². The SMILES string of the molecule is Cc1cc(NCc2nc3c(C)cccc3[nH]2)nc(-c2ccncc2)n1. The number of aryl methyl sites for hydroxylation is 2. The molecule has 0 fully saturated rings. The van der Waals surface area contributed by atoms with Crippen molar-refractivity contribution in [1.82, 2.24) is 24.9 Å². The Morgan fingerprint density at radius 1 is 1.00 bits per heavy atom. The van der Waals surface area contributed by atoms with Crippen molar-refractivity contribution in [2.24, 2.45) is 0 Å². The van der Waals surface area contributed by atoms with Crippen LogP contribution in [-0.4, -0.2) is 24.9 Å². The standard InChI is InChI=1S/C19H18N6/c1-12-4-3-5-15-18(12)24-17(23-15)11-21-16-10-13(2)22-19(25-16)14-6-8-20-9-7-14/h3-10H,11H2,1-2H3,(H,23,24)(H,21,22,25). The van der Waals surface area contributed by atoms with Crippen molar-refractivity contribution in [2.45, 2.75) is 20.4 Å². The van der Waals surface area contributed by atoms with Gasteiger partial charge in [0.1, 0.15) is 11.6 Å². The van der Waals surface area contributed by atoms with Gasteiger partial charge in [0.05, 0.1) is 17.6 Å². The van der Waals surface area contributed by atoms with E-state index in [4.69, 9.17) is 0 Å². The summed E-state index contributed by atoms with van der Waals surface area (Å²) in [6.07, 6.45) is 3.48. The highest BCUT2D eigenvalue weighted by molar-refractivity contribution is 5.78. The summed E-state index contributed by atoms with van der Waals surface area (Å²) in [5, 5.41) is 3.33. The molecule has 6 heteroatoms. The molecule has 25 heavy (non-hydrogen) atoms. The van der Waals surface area contributed by atoms with Crippen LogP contribution in [0, 0.1) is 13.8 Å². The van der Waals surface area contributed by atoms with Gasteiger partial charge in [0, 0.05) is 29.7 Å². The first-order valence-electron chi connectivity index (χ1n) is 8.13. The molecule has 4 rings (SSSR count). The summed E-state index contributed by atoms with van der Waals surface area (Å²) in [5.41, 5.74) is 5.08. The molecule has 3 aromatic heterocycles. The summed E-state index contributed by atoms with van der Waals surface area (Å²) < 4.78 is 0. The lowest BCUT2D eigenvalue weighted by molar-refractivity contribution is 0.987. The van der Waals surface area contributed by atoms with E-state index in [0.29, 0.717) is 12.4 Å². The Morgan fingerprint density at radius 2 is 1.84 bits per heavy atom. The highest BCUT2D eigenvalue weighted by Gasteiger charge is 2.07. The lowest BCUT2D eigenvalue weighted by Crippen LogP contribution is -2.05. The third-order valence-corrected chi connectivity index (χ3v) is 3.99. The van der Waals surface area contributed by atoms with Crippen molar-refractivity contribution in [3.05, 3.63) is 65.9 Å². The van der Waals surface area contributed by atoms with Crippen LogP contribution >= 0.6 is 0 Å². The van der Waals surface area contributed by atoms with Crippen LogP contribution in [0.25, 0.3) is 22.4 Å².